The molecule has 1 fully saturated rings. The molecule has 4 atom stereocenters. The minimum absolute atomic E-state index is 0.0635. The lowest BCUT2D eigenvalue weighted by Crippen LogP contribution is -2.49. The van der Waals surface area contributed by atoms with Crippen molar-refractivity contribution < 1.29 is 22.0 Å². The predicted octanol–water partition coefficient (Wildman–Crippen LogP) is 6.48. The molecule has 8 heteroatoms. The number of hydrogen-bond acceptors (Lipinski definition) is 2. The quantitative estimate of drug-likeness (QED) is 0.327. The maximum Gasteiger partial charge on any atom is 0.141 e. The Hall–Kier alpha value is -2.45. The minimum Gasteiger partial charge on any atom is -0.357 e. The van der Waals surface area contributed by atoms with Crippen molar-refractivity contribution >= 4 is 10.9 Å². The molecule has 2 aliphatic rings. The molecule has 1 saturated heterocycles. The molecule has 0 saturated carbocycles. The maximum atomic E-state index is 15.9. The number of aromatic amines is 1. The van der Waals surface area contributed by atoms with E-state index in [0.717, 1.165) is 29.6 Å². The van der Waals surface area contributed by atoms with Crippen molar-refractivity contribution in [3.05, 3.63) is 70.4 Å². The van der Waals surface area contributed by atoms with Crippen molar-refractivity contribution in [3.8, 4) is 0 Å². The first-order valence-electron chi connectivity index (χ1n) is 13.1. The van der Waals surface area contributed by atoms with E-state index in [2.05, 4.69) is 9.88 Å². The van der Waals surface area contributed by atoms with Gasteiger partial charge < -0.3 is 9.88 Å². The normalized spacial score (nSPS) is 22.7. The van der Waals surface area contributed by atoms with Gasteiger partial charge in [-0.1, -0.05) is 25.1 Å². The molecule has 1 aromatic heterocycles. The highest BCUT2D eigenvalue weighted by molar-refractivity contribution is 5.85. The zero-order valence-corrected chi connectivity index (χ0v) is 21.3. The summed E-state index contributed by atoms with van der Waals surface area (Å²) in [4.78, 5) is 7.17. The molecule has 3 nitrogen and oxygen atoms in total. The fourth-order valence-electron chi connectivity index (χ4n) is 6.17. The van der Waals surface area contributed by atoms with Crippen LogP contribution in [0.5, 0.6) is 0 Å². The van der Waals surface area contributed by atoms with E-state index in [-0.39, 0.29) is 36.7 Å². The van der Waals surface area contributed by atoms with Crippen LogP contribution in [0.3, 0.4) is 0 Å². The van der Waals surface area contributed by atoms with Gasteiger partial charge in [-0.3, -0.25) is 9.29 Å². The number of nitrogens with one attached hydrogen (secondary N) is 1. The minimum atomic E-state index is -1.75. The van der Waals surface area contributed by atoms with Crippen LogP contribution >= 0.6 is 0 Å². The molecule has 3 aromatic rings. The molecule has 0 bridgehead atoms. The number of fused-ring (bicyclic) bond motifs is 3. The second-order valence-electron chi connectivity index (χ2n) is 10.7. The first-order chi connectivity index (χ1) is 17.8. The van der Waals surface area contributed by atoms with Gasteiger partial charge in [0.1, 0.15) is 24.5 Å². The fourth-order valence-corrected chi connectivity index (χ4v) is 6.17. The van der Waals surface area contributed by atoms with Gasteiger partial charge in [0.05, 0.1) is 12.7 Å². The molecule has 0 spiro atoms. The van der Waals surface area contributed by atoms with E-state index >= 15 is 8.78 Å². The second-order valence-corrected chi connectivity index (χ2v) is 10.7. The largest absolute Gasteiger partial charge is 0.357 e. The Morgan fingerprint density at radius 2 is 1.78 bits per heavy atom. The van der Waals surface area contributed by atoms with Crippen molar-refractivity contribution in [1.29, 1.82) is 0 Å². The highest BCUT2D eigenvalue weighted by atomic mass is 19.2. The number of benzene rings is 2. The van der Waals surface area contributed by atoms with Gasteiger partial charge in [0.25, 0.3) is 0 Å². The Kier molecular flexibility index (Phi) is 7.59. The predicted molar refractivity (Wildman–Crippen MR) is 136 cm³/mol. The summed E-state index contributed by atoms with van der Waals surface area (Å²) in [5.41, 5.74) is 2.88. The number of halogens is 5. The zero-order chi connectivity index (χ0) is 26.3. The molecule has 0 radical (unpaired) electrons. The highest BCUT2D eigenvalue weighted by Gasteiger charge is 2.40. The number of rotatable bonds is 9. The second kappa shape index (κ2) is 10.7. The lowest BCUT2D eigenvalue weighted by molar-refractivity contribution is 0.0809. The molecule has 5 rings (SSSR count). The van der Waals surface area contributed by atoms with Crippen LogP contribution in [0, 0.1) is 17.6 Å². The molecule has 2 aromatic carbocycles. The van der Waals surface area contributed by atoms with Crippen LogP contribution in [-0.4, -0.2) is 66.5 Å². The molecule has 0 unspecified atom stereocenters. The van der Waals surface area contributed by atoms with E-state index in [4.69, 9.17) is 0 Å². The van der Waals surface area contributed by atoms with Crippen LogP contribution in [0.15, 0.2) is 36.4 Å². The van der Waals surface area contributed by atoms with Crippen LogP contribution in [0.4, 0.5) is 22.0 Å². The van der Waals surface area contributed by atoms with Crippen molar-refractivity contribution in [3.63, 3.8) is 0 Å². The summed E-state index contributed by atoms with van der Waals surface area (Å²) in [6, 6.07) is 9.33. The maximum absolute atomic E-state index is 15.9. The average molecular weight is 520 g/mol. The smallest absolute Gasteiger partial charge is 0.141 e. The summed E-state index contributed by atoms with van der Waals surface area (Å²) in [6.07, 6.45) is -0.693. The Morgan fingerprint density at radius 3 is 2.46 bits per heavy atom. The van der Waals surface area contributed by atoms with Gasteiger partial charge in [0.2, 0.25) is 0 Å². The van der Waals surface area contributed by atoms with E-state index in [0.29, 0.717) is 30.6 Å². The van der Waals surface area contributed by atoms with Crippen LogP contribution in [0.25, 0.3) is 10.9 Å². The third-order valence-corrected chi connectivity index (χ3v) is 8.29. The summed E-state index contributed by atoms with van der Waals surface area (Å²) >= 11 is 0. The van der Waals surface area contributed by atoms with Gasteiger partial charge in [-0.2, -0.15) is 0 Å². The third-order valence-electron chi connectivity index (χ3n) is 8.29. The number of hydrogen-bond donors (Lipinski definition) is 1. The molecular formula is C29H34F5N3. The lowest BCUT2D eigenvalue weighted by atomic mass is 9.81. The summed E-state index contributed by atoms with van der Waals surface area (Å²) in [7, 11) is 0. The summed E-state index contributed by atoms with van der Waals surface area (Å²) in [5, 5.41) is 0.977. The van der Waals surface area contributed by atoms with Crippen molar-refractivity contribution in [2.75, 3.05) is 39.5 Å². The van der Waals surface area contributed by atoms with Crippen LogP contribution < -0.4 is 0 Å². The zero-order valence-electron chi connectivity index (χ0n) is 21.3. The number of aromatic nitrogens is 1. The van der Waals surface area contributed by atoms with Crippen molar-refractivity contribution in [2.24, 2.45) is 5.92 Å². The van der Waals surface area contributed by atoms with Gasteiger partial charge in [0.15, 0.2) is 0 Å². The Bertz CT molecular complexity index is 1210. The number of H-pyrrole nitrogens is 1. The first kappa shape index (κ1) is 26.2. The van der Waals surface area contributed by atoms with Crippen LogP contribution in [0.2, 0.25) is 0 Å². The number of likely N-dealkylation sites (tertiary alicyclic amines) is 1. The average Bonchev–Trinajstić information content (AvgIpc) is 3.22. The number of para-hydroxylation sites is 1. The topological polar surface area (TPSA) is 22.3 Å². The standard InChI is InChI=1S/C29H34F5N3/c1-17-10-23-22-6-3-4-7-26(22)35-28(23)29(37(17)16-21(32)13-31)27-24(33)11-19(12-25(27)34)18(2)20-14-36(15-20)9-5-8-30/h3-4,6-7,11-12,17-18,20-21,29,35H,5,8-10,13-16H2,1-2H3/t17-,18-,21+,29-/m1/s1. The van der Waals surface area contributed by atoms with Crippen molar-refractivity contribution in [2.45, 2.75) is 50.9 Å². The van der Waals surface area contributed by atoms with E-state index < -0.39 is 30.5 Å². The molecule has 1 N–H and O–H groups in total. The third kappa shape index (κ3) is 4.90. The molecule has 37 heavy (non-hydrogen) atoms. The van der Waals surface area contributed by atoms with Gasteiger partial charge in [-0.25, -0.2) is 17.6 Å². The van der Waals surface area contributed by atoms with Gasteiger partial charge >= 0.3 is 0 Å². The summed E-state index contributed by atoms with van der Waals surface area (Å²) in [5.74, 6) is -1.18. The van der Waals surface area contributed by atoms with Gasteiger partial charge in [-0.05, 0) is 60.9 Å². The number of alkyl halides is 3. The highest BCUT2D eigenvalue weighted by Crippen LogP contribution is 2.43. The lowest BCUT2D eigenvalue weighted by Gasteiger charge is -2.43. The van der Waals surface area contributed by atoms with E-state index in [1.807, 2.05) is 38.1 Å². The van der Waals surface area contributed by atoms with E-state index in [1.165, 1.54) is 12.1 Å². The molecule has 200 valence electrons. The summed E-state index contributed by atoms with van der Waals surface area (Å²) < 4.78 is 71.7. The van der Waals surface area contributed by atoms with Gasteiger partial charge in [0, 0.05) is 54.4 Å². The molecule has 0 aliphatic carbocycles. The Morgan fingerprint density at radius 1 is 1.08 bits per heavy atom. The van der Waals surface area contributed by atoms with Crippen molar-refractivity contribution in [1.82, 2.24) is 14.8 Å². The SMILES string of the molecule is C[C@H](c1cc(F)c([C@@H]2c3[nH]c4ccccc4c3C[C@@H](C)N2C[C@@H](F)CF)c(F)c1)C1CN(CCCF)C1. The van der Waals surface area contributed by atoms with E-state index in [9.17, 15) is 13.2 Å². The van der Waals surface area contributed by atoms with Crippen LogP contribution in [0.1, 0.15) is 54.6 Å². The molecule has 3 heterocycles. The Labute approximate surface area is 214 Å². The molecule has 2 aliphatic heterocycles. The Balaban J connectivity index is 1.51. The van der Waals surface area contributed by atoms with Gasteiger partial charge in [-0.15, -0.1) is 0 Å². The monoisotopic (exact) mass is 519 g/mol. The molecule has 0 amide bonds. The van der Waals surface area contributed by atoms with Crippen LogP contribution in [-0.2, 0) is 6.42 Å². The number of nitrogens with zero attached hydrogens (tertiary/aromatic N) is 2. The van der Waals surface area contributed by atoms with E-state index in [1.54, 1.807) is 4.90 Å². The molecular weight excluding hydrogens is 485 g/mol. The summed E-state index contributed by atoms with van der Waals surface area (Å²) in [6.45, 7) is 4.34. The fraction of sp³-hybridized carbons (Fsp3) is 0.517. The first-order valence-corrected chi connectivity index (χ1v) is 13.1.